The van der Waals surface area contributed by atoms with E-state index in [0.717, 1.165) is 23.5 Å². The van der Waals surface area contributed by atoms with Crippen LogP contribution in [0.2, 0.25) is 0 Å². The maximum atomic E-state index is 12.7. The first kappa shape index (κ1) is 15.2. The number of ether oxygens (including phenoxy) is 1. The zero-order valence-electron chi connectivity index (χ0n) is 12.1. The molecule has 0 bridgehead atoms. The molecule has 110 valence electrons. The lowest BCUT2D eigenvalue weighted by molar-refractivity contribution is 0.0624. The van der Waals surface area contributed by atoms with E-state index in [4.69, 9.17) is 10.5 Å². The van der Waals surface area contributed by atoms with Crippen molar-refractivity contribution in [3.05, 3.63) is 29.3 Å². The summed E-state index contributed by atoms with van der Waals surface area (Å²) in [6.07, 6.45) is 1.06. The number of hydrogen-bond acceptors (Lipinski definition) is 4. The average molecular weight is 294 g/mol. The van der Waals surface area contributed by atoms with E-state index >= 15 is 0 Å². The monoisotopic (exact) mass is 294 g/mol. The first-order chi connectivity index (χ1) is 9.61. The maximum absolute atomic E-state index is 12.7. The summed E-state index contributed by atoms with van der Waals surface area (Å²) >= 11 is 1.90. The first-order valence-electron chi connectivity index (χ1n) is 6.86. The summed E-state index contributed by atoms with van der Waals surface area (Å²) < 4.78 is 5.14. The Hall–Kier alpha value is -1.20. The highest BCUT2D eigenvalue weighted by Gasteiger charge is 2.27. The van der Waals surface area contributed by atoms with E-state index in [2.05, 4.69) is 0 Å². The van der Waals surface area contributed by atoms with Crippen LogP contribution in [-0.2, 0) is 4.74 Å². The molecule has 0 spiro atoms. The quantitative estimate of drug-likeness (QED) is 0.846. The number of nitrogen functional groups attached to an aromatic ring is 1. The molecule has 0 saturated carbocycles. The molecule has 1 atom stereocenters. The van der Waals surface area contributed by atoms with Gasteiger partial charge in [0.1, 0.15) is 0 Å². The molecule has 2 rings (SSSR count). The summed E-state index contributed by atoms with van der Waals surface area (Å²) in [5.74, 6) is 2.19. The van der Waals surface area contributed by atoms with Gasteiger partial charge in [0.05, 0.1) is 6.61 Å². The lowest BCUT2D eigenvalue weighted by Gasteiger charge is -2.28. The van der Waals surface area contributed by atoms with E-state index in [0.29, 0.717) is 30.4 Å². The third-order valence-electron chi connectivity index (χ3n) is 3.49. The van der Waals surface area contributed by atoms with Gasteiger partial charge in [-0.25, -0.2) is 0 Å². The molecule has 1 aromatic rings. The zero-order valence-corrected chi connectivity index (χ0v) is 12.9. The second kappa shape index (κ2) is 6.99. The highest BCUT2D eigenvalue weighted by molar-refractivity contribution is 7.99. The number of amides is 1. The van der Waals surface area contributed by atoms with E-state index < -0.39 is 0 Å². The molecule has 1 unspecified atom stereocenters. The Morgan fingerprint density at radius 2 is 2.30 bits per heavy atom. The predicted octanol–water partition coefficient (Wildman–Crippen LogP) is 2.17. The largest absolute Gasteiger partial charge is 0.399 e. The first-order valence-corrected chi connectivity index (χ1v) is 8.02. The van der Waals surface area contributed by atoms with Crippen molar-refractivity contribution in [2.24, 2.45) is 0 Å². The number of thioether (sulfide) groups is 1. The van der Waals surface area contributed by atoms with Gasteiger partial charge in [0, 0.05) is 36.7 Å². The van der Waals surface area contributed by atoms with Crippen molar-refractivity contribution in [2.45, 2.75) is 19.4 Å². The van der Waals surface area contributed by atoms with Crippen LogP contribution in [0.3, 0.4) is 0 Å². The molecule has 1 aliphatic rings. The van der Waals surface area contributed by atoms with Crippen LogP contribution in [0.25, 0.3) is 0 Å². The summed E-state index contributed by atoms with van der Waals surface area (Å²) in [5.41, 5.74) is 8.18. The second-order valence-electron chi connectivity index (χ2n) is 5.14. The van der Waals surface area contributed by atoms with E-state index in [1.165, 1.54) is 0 Å². The highest BCUT2D eigenvalue weighted by atomic mass is 32.2. The van der Waals surface area contributed by atoms with Crippen molar-refractivity contribution in [2.75, 3.05) is 37.5 Å². The van der Waals surface area contributed by atoms with Crippen LogP contribution in [0.5, 0.6) is 0 Å². The van der Waals surface area contributed by atoms with Crippen LogP contribution in [0.15, 0.2) is 18.2 Å². The molecular formula is C15H22N2O2S. The topological polar surface area (TPSA) is 55.6 Å². The molecule has 1 aliphatic heterocycles. The van der Waals surface area contributed by atoms with Gasteiger partial charge in [-0.3, -0.25) is 4.79 Å². The van der Waals surface area contributed by atoms with Crippen LogP contribution in [0.4, 0.5) is 5.69 Å². The summed E-state index contributed by atoms with van der Waals surface area (Å²) in [4.78, 5) is 14.7. The number of aryl methyl sites for hydroxylation is 1. The minimum Gasteiger partial charge on any atom is -0.399 e. The average Bonchev–Trinajstić information content (AvgIpc) is 2.91. The Morgan fingerprint density at radius 1 is 1.50 bits per heavy atom. The fourth-order valence-electron chi connectivity index (χ4n) is 2.51. The van der Waals surface area contributed by atoms with Crippen molar-refractivity contribution in [3.8, 4) is 0 Å². The molecule has 5 heteroatoms. The normalized spacial score (nSPS) is 18.2. The van der Waals surface area contributed by atoms with Crippen LogP contribution in [-0.4, -0.2) is 48.6 Å². The lowest BCUT2D eigenvalue weighted by Crippen LogP contribution is -2.42. The maximum Gasteiger partial charge on any atom is 0.254 e. The minimum absolute atomic E-state index is 0.0601. The number of hydrogen-bond donors (Lipinski definition) is 1. The van der Waals surface area contributed by atoms with E-state index in [-0.39, 0.29) is 5.91 Å². The lowest BCUT2D eigenvalue weighted by atomic mass is 10.1. The number of carbonyl (C=O) groups excluding carboxylic acids is 1. The smallest absolute Gasteiger partial charge is 0.254 e. The Bertz CT molecular complexity index is 453. The number of methoxy groups -OCH3 is 1. The summed E-state index contributed by atoms with van der Waals surface area (Å²) in [5, 5.41) is 0. The van der Waals surface area contributed by atoms with Gasteiger partial charge in [0.15, 0.2) is 0 Å². The second-order valence-corrected chi connectivity index (χ2v) is 6.29. The van der Waals surface area contributed by atoms with E-state index in [9.17, 15) is 4.79 Å². The molecular weight excluding hydrogens is 272 g/mol. The van der Waals surface area contributed by atoms with Gasteiger partial charge in [-0.15, -0.1) is 0 Å². The Labute approximate surface area is 124 Å². The van der Waals surface area contributed by atoms with Gasteiger partial charge < -0.3 is 15.4 Å². The molecule has 2 N–H and O–H groups in total. The molecule has 1 fully saturated rings. The van der Waals surface area contributed by atoms with Gasteiger partial charge in [0.2, 0.25) is 0 Å². The Morgan fingerprint density at radius 3 is 2.90 bits per heavy atom. The predicted molar refractivity (Wildman–Crippen MR) is 84.2 cm³/mol. The fraction of sp³-hybridized carbons (Fsp3) is 0.533. The summed E-state index contributed by atoms with van der Waals surface area (Å²) in [6.45, 7) is 3.15. The van der Waals surface area contributed by atoms with Gasteiger partial charge in [0.25, 0.3) is 5.91 Å². The molecule has 0 aliphatic carbocycles. The molecule has 1 amide bonds. The molecule has 4 nitrogen and oxygen atoms in total. The number of rotatable bonds is 5. The Kier molecular flexibility index (Phi) is 5.31. The summed E-state index contributed by atoms with van der Waals surface area (Å²) in [6, 6.07) is 5.85. The standard InChI is InChI=1S/C15H22N2O2S/c1-11-7-12(9-13(16)8-11)15(18)17(4-5-19-2)14-3-6-20-10-14/h7-9,14H,3-6,10,16H2,1-2H3. The SMILES string of the molecule is COCCN(C(=O)c1cc(C)cc(N)c1)C1CCSC1. The highest BCUT2D eigenvalue weighted by Crippen LogP contribution is 2.24. The van der Waals surface area contributed by atoms with Crippen LogP contribution < -0.4 is 5.73 Å². The molecule has 20 heavy (non-hydrogen) atoms. The van der Waals surface area contributed by atoms with Crippen molar-refractivity contribution >= 4 is 23.4 Å². The number of anilines is 1. The van der Waals surface area contributed by atoms with Gasteiger partial charge in [-0.05, 0) is 42.9 Å². The third kappa shape index (κ3) is 3.67. The van der Waals surface area contributed by atoms with Gasteiger partial charge >= 0.3 is 0 Å². The van der Waals surface area contributed by atoms with Gasteiger partial charge in [-0.2, -0.15) is 11.8 Å². The molecule has 1 heterocycles. The van der Waals surface area contributed by atoms with Crippen molar-refractivity contribution in [1.29, 1.82) is 0 Å². The van der Waals surface area contributed by atoms with Crippen molar-refractivity contribution in [1.82, 2.24) is 4.90 Å². The Balaban J connectivity index is 2.19. The number of nitrogens with zero attached hydrogens (tertiary/aromatic N) is 1. The van der Waals surface area contributed by atoms with Crippen LogP contribution in [0.1, 0.15) is 22.3 Å². The van der Waals surface area contributed by atoms with Gasteiger partial charge in [-0.1, -0.05) is 0 Å². The van der Waals surface area contributed by atoms with Crippen molar-refractivity contribution in [3.63, 3.8) is 0 Å². The van der Waals surface area contributed by atoms with E-state index in [1.54, 1.807) is 13.2 Å². The van der Waals surface area contributed by atoms with Crippen molar-refractivity contribution < 1.29 is 9.53 Å². The fourth-order valence-corrected chi connectivity index (χ4v) is 3.73. The van der Waals surface area contributed by atoms with E-state index in [1.807, 2.05) is 35.7 Å². The number of benzene rings is 1. The number of nitrogens with two attached hydrogens (primary N) is 1. The zero-order chi connectivity index (χ0) is 14.5. The minimum atomic E-state index is 0.0601. The molecule has 0 radical (unpaired) electrons. The third-order valence-corrected chi connectivity index (χ3v) is 4.64. The molecule has 0 aromatic heterocycles. The number of carbonyl (C=O) groups is 1. The van der Waals surface area contributed by atoms with Crippen LogP contribution in [0, 0.1) is 6.92 Å². The summed E-state index contributed by atoms with van der Waals surface area (Å²) in [7, 11) is 1.66. The molecule has 1 aromatic carbocycles. The molecule has 1 saturated heterocycles. The van der Waals surface area contributed by atoms with Crippen LogP contribution >= 0.6 is 11.8 Å².